The molecule has 0 amide bonds. The topological polar surface area (TPSA) is 103 Å². The van der Waals surface area contributed by atoms with Gasteiger partial charge in [0.05, 0.1) is 25.2 Å². The van der Waals surface area contributed by atoms with Crippen molar-refractivity contribution in [2.45, 2.75) is 13.0 Å². The number of allylic oxidation sites excluding steroid dienone is 1. The summed E-state index contributed by atoms with van der Waals surface area (Å²) in [6.07, 6.45) is 0. The number of rotatable bonds is 6. The predicted octanol–water partition coefficient (Wildman–Crippen LogP) is 3.29. The number of methoxy groups -OCH3 is 2. The molecule has 1 aliphatic heterocycles. The average Bonchev–Trinajstić information content (AvgIpc) is 2.72. The molecule has 1 heterocycles. The third-order valence-electron chi connectivity index (χ3n) is 4.56. The molecule has 2 N–H and O–H groups in total. The lowest BCUT2D eigenvalue weighted by molar-refractivity contribution is -0.385. The Morgan fingerprint density at radius 3 is 2.45 bits per heavy atom. The third kappa shape index (κ3) is 3.90. The number of carbonyl (C=O) groups excluding carboxylic acids is 1. The molecule has 1 atom stereocenters. The molecule has 1 unspecified atom stereocenters. The summed E-state index contributed by atoms with van der Waals surface area (Å²) in [7, 11) is 2.72. The summed E-state index contributed by atoms with van der Waals surface area (Å²) in [6, 6.07) is 11.0. The van der Waals surface area contributed by atoms with Gasteiger partial charge in [0.2, 0.25) is 5.75 Å². The standard InChI is InChI=1S/C20H19N3O5S/c1-11-16(18(24)12-7-5-4-6-8-12)17(22-20(29)21-11)13-9-14(23(25)26)19(28-3)15(10-13)27-2/h4-10,17H,1-3H3,(H2,21,22,29). The van der Waals surface area contributed by atoms with Crippen molar-refractivity contribution < 1.29 is 19.2 Å². The van der Waals surface area contributed by atoms with Crippen molar-refractivity contribution in [3.63, 3.8) is 0 Å². The Morgan fingerprint density at radius 1 is 1.17 bits per heavy atom. The average molecular weight is 413 g/mol. The number of Topliss-reactive ketones (excluding diaryl/α,β-unsaturated/α-hetero) is 1. The van der Waals surface area contributed by atoms with Crippen molar-refractivity contribution >= 4 is 28.8 Å². The number of ether oxygens (including phenoxy) is 2. The number of nitrogens with one attached hydrogen (secondary N) is 2. The zero-order valence-corrected chi connectivity index (χ0v) is 16.8. The van der Waals surface area contributed by atoms with Crippen LogP contribution >= 0.6 is 12.2 Å². The van der Waals surface area contributed by atoms with Crippen LogP contribution in [0.4, 0.5) is 5.69 Å². The molecule has 1 aliphatic rings. The van der Waals surface area contributed by atoms with Gasteiger partial charge in [-0.15, -0.1) is 0 Å². The Hall–Kier alpha value is -3.46. The van der Waals surface area contributed by atoms with Crippen LogP contribution in [0.1, 0.15) is 28.9 Å². The van der Waals surface area contributed by atoms with Gasteiger partial charge in [-0.2, -0.15) is 0 Å². The van der Waals surface area contributed by atoms with Crippen molar-refractivity contribution in [3.8, 4) is 11.5 Å². The highest BCUT2D eigenvalue weighted by molar-refractivity contribution is 7.80. The summed E-state index contributed by atoms with van der Waals surface area (Å²) < 4.78 is 10.4. The van der Waals surface area contributed by atoms with E-state index >= 15 is 0 Å². The molecule has 2 aromatic carbocycles. The lowest BCUT2D eigenvalue weighted by atomic mass is 9.89. The van der Waals surface area contributed by atoms with Crippen molar-refractivity contribution in [3.05, 3.63) is 75.0 Å². The fourth-order valence-electron chi connectivity index (χ4n) is 3.26. The number of hydrogen-bond acceptors (Lipinski definition) is 6. The van der Waals surface area contributed by atoms with E-state index in [4.69, 9.17) is 21.7 Å². The van der Waals surface area contributed by atoms with Gasteiger partial charge in [0.1, 0.15) is 0 Å². The van der Waals surface area contributed by atoms with E-state index in [-0.39, 0.29) is 23.0 Å². The van der Waals surface area contributed by atoms with Gasteiger partial charge in [0.15, 0.2) is 16.6 Å². The fraction of sp³-hybridized carbons (Fsp3) is 0.200. The number of thiocarbonyl (C=S) groups is 1. The number of nitro benzene ring substituents is 1. The van der Waals surface area contributed by atoms with Crippen LogP contribution in [-0.2, 0) is 0 Å². The van der Waals surface area contributed by atoms with E-state index in [1.54, 1.807) is 37.3 Å². The van der Waals surface area contributed by atoms with E-state index in [0.29, 0.717) is 27.5 Å². The van der Waals surface area contributed by atoms with Gasteiger partial charge in [-0.1, -0.05) is 30.3 Å². The fourth-order valence-corrected chi connectivity index (χ4v) is 3.53. The first-order chi connectivity index (χ1) is 13.9. The molecule has 8 nitrogen and oxygen atoms in total. The Morgan fingerprint density at radius 2 is 1.86 bits per heavy atom. The van der Waals surface area contributed by atoms with Gasteiger partial charge in [-0.05, 0) is 30.8 Å². The molecule has 0 bridgehead atoms. The maximum Gasteiger partial charge on any atom is 0.315 e. The summed E-state index contributed by atoms with van der Waals surface area (Å²) in [4.78, 5) is 24.3. The maximum absolute atomic E-state index is 13.2. The molecule has 0 aliphatic carbocycles. The normalized spacial score (nSPS) is 16.0. The van der Waals surface area contributed by atoms with Crippen LogP contribution in [0.2, 0.25) is 0 Å². The molecule has 29 heavy (non-hydrogen) atoms. The summed E-state index contributed by atoms with van der Waals surface area (Å²) in [5, 5.41) is 17.9. The maximum atomic E-state index is 13.2. The lowest BCUT2D eigenvalue weighted by Crippen LogP contribution is -2.44. The van der Waals surface area contributed by atoms with Crippen LogP contribution < -0.4 is 20.1 Å². The molecule has 150 valence electrons. The SMILES string of the molecule is COc1cc(C2NC(=S)NC(C)=C2C(=O)c2ccccc2)cc([N+](=O)[O-])c1OC. The molecule has 0 saturated heterocycles. The number of hydrogen-bond donors (Lipinski definition) is 2. The van der Waals surface area contributed by atoms with Crippen LogP contribution in [0.5, 0.6) is 11.5 Å². The molecule has 0 radical (unpaired) electrons. The van der Waals surface area contributed by atoms with Crippen molar-refractivity contribution in [1.82, 2.24) is 10.6 Å². The molecule has 2 aromatic rings. The van der Waals surface area contributed by atoms with E-state index in [1.807, 2.05) is 6.07 Å². The van der Waals surface area contributed by atoms with Crippen LogP contribution in [0.15, 0.2) is 53.7 Å². The smallest absolute Gasteiger partial charge is 0.315 e. The zero-order valence-electron chi connectivity index (χ0n) is 16.0. The van der Waals surface area contributed by atoms with Gasteiger partial charge < -0.3 is 20.1 Å². The molecule has 3 rings (SSSR count). The van der Waals surface area contributed by atoms with E-state index in [9.17, 15) is 14.9 Å². The Balaban J connectivity index is 2.18. The predicted molar refractivity (Wildman–Crippen MR) is 111 cm³/mol. The quantitative estimate of drug-likeness (QED) is 0.322. The monoisotopic (exact) mass is 413 g/mol. The van der Waals surface area contributed by atoms with E-state index in [1.165, 1.54) is 20.3 Å². The van der Waals surface area contributed by atoms with Gasteiger partial charge >= 0.3 is 5.69 Å². The first-order valence-corrected chi connectivity index (χ1v) is 9.06. The minimum Gasteiger partial charge on any atom is -0.493 e. The minimum absolute atomic E-state index is 0.00870. The minimum atomic E-state index is -0.699. The second-order valence-electron chi connectivity index (χ2n) is 6.30. The van der Waals surface area contributed by atoms with Crippen molar-refractivity contribution in [1.29, 1.82) is 0 Å². The Kier molecular flexibility index (Phi) is 5.79. The molecule has 0 saturated carbocycles. The van der Waals surface area contributed by atoms with E-state index in [2.05, 4.69) is 10.6 Å². The number of nitrogens with zero attached hydrogens (tertiary/aromatic N) is 1. The van der Waals surface area contributed by atoms with Crippen molar-refractivity contribution in [2.24, 2.45) is 0 Å². The van der Waals surface area contributed by atoms with Gasteiger partial charge in [-0.25, -0.2) is 0 Å². The van der Waals surface area contributed by atoms with E-state index in [0.717, 1.165) is 0 Å². The molecule has 0 spiro atoms. The van der Waals surface area contributed by atoms with Crippen LogP contribution in [0.25, 0.3) is 0 Å². The second kappa shape index (κ2) is 8.27. The summed E-state index contributed by atoms with van der Waals surface area (Å²) >= 11 is 5.25. The second-order valence-corrected chi connectivity index (χ2v) is 6.71. The Bertz CT molecular complexity index is 1020. The highest BCUT2D eigenvalue weighted by Gasteiger charge is 2.33. The largest absolute Gasteiger partial charge is 0.493 e. The summed E-state index contributed by atoms with van der Waals surface area (Å²) in [5.41, 5.74) is 1.67. The third-order valence-corrected chi connectivity index (χ3v) is 4.78. The molecule has 0 fully saturated rings. The van der Waals surface area contributed by atoms with E-state index < -0.39 is 11.0 Å². The number of carbonyl (C=O) groups is 1. The van der Waals surface area contributed by atoms with Gasteiger partial charge in [-0.3, -0.25) is 14.9 Å². The van der Waals surface area contributed by atoms with Crippen LogP contribution in [0, 0.1) is 10.1 Å². The highest BCUT2D eigenvalue weighted by Crippen LogP contribution is 2.41. The lowest BCUT2D eigenvalue weighted by Gasteiger charge is -2.30. The first-order valence-electron chi connectivity index (χ1n) is 8.65. The summed E-state index contributed by atoms with van der Waals surface area (Å²) in [5.74, 6) is -0.0189. The molecule has 9 heteroatoms. The zero-order chi connectivity index (χ0) is 21.1. The summed E-state index contributed by atoms with van der Waals surface area (Å²) in [6.45, 7) is 1.74. The van der Waals surface area contributed by atoms with Crippen LogP contribution in [0.3, 0.4) is 0 Å². The number of nitro groups is 1. The number of ketones is 1. The Labute approximate surface area is 172 Å². The number of benzene rings is 2. The highest BCUT2D eigenvalue weighted by atomic mass is 32.1. The first kappa shape index (κ1) is 20.3. The molecular formula is C20H19N3O5S. The van der Waals surface area contributed by atoms with Crippen LogP contribution in [-0.4, -0.2) is 30.0 Å². The van der Waals surface area contributed by atoms with Gasteiger partial charge in [0.25, 0.3) is 0 Å². The van der Waals surface area contributed by atoms with Crippen molar-refractivity contribution in [2.75, 3.05) is 14.2 Å². The molecule has 0 aromatic heterocycles. The van der Waals surface area contributed by atoms with Gasteiger partial charge in [0, 0.05) is 22.9 Å². The molecular weight excluding hydrogens is 394 g/mol.